The van der Waals surface area contributed by atoms with Gasteiger partial charge in [0.2, 0.25) is 0 Å². The summed E-state index contributed by atoms with van der Waals surface area (Å²) in [7, 11) is 3.15. The standard InChI is InChI=1S/C14H12ClFO2/c1-17-11-5-9(6-12(8-11)18-2)13-4-3-10(16)7-14(13)15/h3-8H,1-2H3. The van der Waals surface area contributed by atoms with Crippen LogP contribution in [0.4, 0.5) is 4.39 Å². The number of rotatable bonds is 3. The Labute approximate surface area is 110 Å². The Balaban J connectivity index is 2.55. The number of methoxy groups -OCH3 is 2. The molecule has 0 radical (unpaired) electrons. The van der Waals surface area contributed by atoms with Crippen molar-refractivity contribution in [3.8, 4) is 22.6 Å². The fourth-order valence-electron chi connectivity index (χ4n) is 1.69. The van der Waals surface area contributed by atoms with Crippen LogP contribution in [0.25, 0.3) is 11.1 Å². The smallest absolute Gasteiger partial charge is 0.124 e. The van der Waals surface area contributed by atoms with Gasteiger partial charge in [-0.15, -0.1) is 0 Å². The third-order valence-electron chi connectivity index (χ3n) is 2.59. The Kier molecular flexibility index (Phi) is 3.72. The van der Waals surface area contributed by atoms with Gasteiger partial charge in [-0.3, -0.25) is 0 Å². The Morgan fingerprint density at radius 3 is 2.06 bits per heavy atom. The van der Waals surface area contributed by atoms with E-state index in [4.69, 9.17) is 21.1 Å². The molecule has 2 aromatic carbocycles. The van der Waals surface area contributed by atoms with Crippen LogP contribution in [0.1, 0.15) is 0 Å². The molecule has 18 heavy (non-hydrogen) atoms. The van der Waals surface area contributed by atoms with Crippen LogP contribution in [0.15, 0.2) is 36.4 Å². The molecule has 0 bridgehead atoms. The zero-order valence-corrected chi connectivity index (χ0v) is 10.8. The van der Waals surface area contributed by atoms with E-state index in [9.17, 15) is 4.39 Å². The van der Waals surface area contributed by atoms with E-state index in [0.717, 1.165) is 11.1 Å². The molecule has 0 saturated carbocycles. The minimum Gasteiger partial charge on any atom is -0.497 e. The second kappa shape index (κ2) is 5.27. The first-order chi connectivity index (χ1) is 8.63. The van der Waals surface area contributed by atoms with Crippen molar-refractivity contribution in [2.24, 2.45) is 0 Å². The highest BCUT2D eigenvalue weighted by Crippen LogP contribution is 2.34. The first kappa shape index (κ1) is 12.7. The van der Waals surface area contributed by atoms with Gasteiger partial charge in [-0.2, -0.15) is 0 Å². The average molecular weight is 267 g/mol. The van der Waals surface area contributed by atoms with E-state index in [0.29, 0.717) is 16.5 Å². The predicted molar refractivity (Wildman–Crippen MR) is 70.0 cm³/mol. The van der Waals surface area contributed by atoms with Gasteiger partial charge in [0, 0.05) is 11.6 Å². The lowest BCUT2D eigenvalue weighted by Gasteiger charge is -2.10. The number of ether oxygens (including phenoxy) is 2. The molecule has 0 atom stereocenters. The first-order valence-electron chi connectivity index (χ1n) is 5.32. The second-order valence-electron chi connectivity index (χ2n) is 3.73. The molecule has 0 aliphatic carbocycles. The summed E-state index contributed by atoms with van der Waals surface area (Å²) < 4.78 is 23.4. The highest BCUT2D eigenvalue weighted by atomic mass is 35.5. The van der Waals surface area contributed by atoms with Crippen molar-refractivity contribution in [3.05, 3.63) is 47.2 Å². The molecule has 2 aromatic rings. The zero-order chi connectivity index (χ0) is 13.1. The number of hydrogen-bond donors (Lipinski definition) is 0. The van der Waals surface area contributed by atoms with Crippen molar-refractivity contribution in [1.29, 1.82) is 0 Å². The van der Waals surface area contributed by atoms with Crippen molar-refractivity contribution < 1.29 is 13.9 Å². The van der Waals surface area contributed by atoms with Crippen LogP contribution in [0, 0.1) is 5.82 Å². The molecule has 4 heteroatoms. The molecule has 0 heterocycles. The van der Waals surface area contributed by atoms with E-state index in [-0.39, 0.29) is 5.82 Å². The van der Waals surface area contributed by atoms with Gasteiger partial charge >= 0.3 is 0 Å². The Bertz CT molecular complexity index is 547. The van der Waals surface area contributed by atoms with Crippen LogP contribution in [0.5, 0.6) is 11.5 Å². The van der Waals surface area contributed by atoms with E-state index in [1.54, 1.807) is 26.4 Å². The molecule has 0 fully saturated rings. The van der Waals surface area contributed by atoms with Gasteiger partial charge < -0.3 is 9.47 Å². The summed E-state index contributed by atoms with van der Waals surface area (Å²) in [6.07, 6.45) is 0. The van der Waals surface area contributed by atoms with Crippen molar-refractivity contribution in [3.63, 3.8) is 0 Å². The summed E-state index contributed by atoms with van der Waals surface area (Å²) in [5, 5.41) is 0.352. The molecule has 0 spiro atoms. The van der Waals surface area contributed by atoms with E-state index < -0.39 is 0 Å². The van der Waals surface area contributed by atoms with Gasteiger partial charge in [0.1, 0.15) is 17.3 Å². The lowest BCUT2D eigenvalue weighted by molar-refractivity contribution is 0.394. The second-order valence-corrected chi connectivity index (χ2v) is 4.13. The van der Waals surface area contributed by atoms with Crippen LogP contribution in [-0.2, 0) is 0 Å². The highest BCUT2D eigenvalue weighted by molar-refractivity contribution is 6.33. The van der Waals surface area contributed by atoms with Crippen LogP contribution in [0.3, 0.4) is 0 Å². The van der Waals surface area contributed by atoms with Crippen molar-refractivity contribution >= 4 is 11.6 Å². The Morgan fingerprint density at radius 2 is 1.56 bits per heavy atom. The van der Waals surface area contributed by atoms with E-state index in [2.05, 4.69) is 0 Å². The first-order valence-corrected chi connectivity index (χ1v) is 5.70. The third-order valence-corrected chi connectivity index (χ3v) is 2.91. The third kappa shape index (κ3) is 2.57. The maximum absolute atomic E-state index is 13.0. The molecular formula is C14H12ClFO2. The van der Waals surface area contributed by atoms with Gasteiger partial charge in [0.25, 0.3) is 0 Å². The number of halogens is 2. The van der Waals surface area contributed by atoms with E-state index in [1.807, 2.05) is 12.1 Å². The zero-order valence-electron chi connectivity index (χ0n) is 10.0. The fraction of sp³-hybridized carbons (Fsp3) is 0.143. The van der Waals surface area contributed by atoms with Crippen LogP contribution in [0.2, 0.25) is 5.02 Å². The summed E-state index contributed by atoms with van der Waals surface area (Å²) in [6, 6.07) is 9.69. The minimum absolute atomic E-state index is 0.352. The maximum atomic E-state index is 13.0. The fourth-order valence-corrected chi connectivity index (χ4v) is 1.96. The number of hydrogen-bond acceptors (Lipinski definition) is 2. The SMILES string of the molecule is COc1cc(OC)cc(-c2ccc(F)cc2Cl)c1. The largest absolute Gasteiger partial charge is 0.497 e. The summed E-state index contributed by atoms with van der Waals surface area (Å²) >= 11 is 6.03. The quantitative estimate of drug-likeness (QED) is 0.830. The van der Waals surface area contributed by atoms with Gasteiger partial charge in [-0.25, -0.2) is 4.39 Å². The molecule has 2 rings (SSSR count). The Hall–Kier alpha value is -1.74. The number of benzene rings is 2. The lowest BCUT2D eigenvalue weighted by Crippen LogP contribution is -1.89. The van der Waals surface area contributed by atoms with Gasteiger partial charge in [0.15, 0.2) is 0 Å². The van der Waals surface area contributed by atoms with Crippen molar-refractivity contribution in [2.45, 2.75) is 0 Å². The molecule has 2 nitrogen and oxygen atoms in total. The molecule has 0 aromatic heterocycles. The summed E-state index contributed by atoms with van der Waals surface area (Å²) in [4.78, 5) is 0. The molecular weight excluding hydrogens is 255 g/mol. The van der Waals surface area contributed by atoms with Crippen LogP contribution < -0.4 is 9.47 Å². The molecule has 0 unspecified atom stereocenters. The van der Waals surface area contributed by atoms with Gasteiger partial charge in [-0.05, 0) is 35.9 Å². The summed E-state index contributed by atoms with van der Waals surface area (Å²) in [5.74, 6) is 0.952. The molecule has 0 aliphatic heterocycles. The minimum atomic E-state index is -0.362. The Morgan fingerprint density at radius 1 is 0.944 bits per heavy atom. The molecule has 0 aliphatic rings. The average Bonchev–Trinajstić information content (AvgIpc) is 2.38. The van der Waals surface area contributed by atoms with Crippen molar-refractivity contribution in [1.82, 2.24) is 0 Å². The summed E-state index contributed by atoms with van der Waals surface area (Å²) in [6.45, 7) is 0. The molecule has 94 valence electrons. The monoisotopic (exact) mass is 266 g/mol. The van der Waals surface area contributed by atoms with Crippen LogP contribution >= 0.6 is 11.6 Å². The van der Waals surface area contributed by atoms with Gasteiger partial charge in [0.05, 0.1) is 19.2 Å². The predicted octanol–water partition coefficient (Wildman–Crippen LogP) is 4.16. The van der Waals surface area contributed by atoms with E-state index >= 15 is 0 Å². The highest BCUT2D eigenvalue weighted by Gasteiger charge is 2.08. The molecule has 0 N–H and O–H groups in total. The van der Waals surface area contributed by atoms with Gasteiger partial charge in [-0.1, -0.05) is 11.6 Å². The lowest BCUT2D eigenvalue weighted by atomic mass is 10.0. The topological polar surface area (TPSA) is 18.5 Å². The maximum Gasteiger partial charge on any atom is 0.124 e. The van der Waals surface area contributed by atoms with E-state index in [1.165, 1.54) is 12.1 Å². The van der Waals surface area contributed by atoms with Crippen molar-refractivity contribution in [2.75, 3.05) is 14.2 Å². The molecule has 0 amide bonds. The normalized spacial score (nSPS) is 10.2. The molecule has 0 saturated heterocycles. The summed E-state index contributed by atoms with van der Waals surface area (Å²) in [5.41, 5.74) is 1.55. The van der Waals surface area contributed by atoms with Crippen LogP contribution in [-0.4, -0.2) is 14.2 Å².